The second kappa shape index (κ2) is 6.07. The molecule has 2 unspecified atom stereocenters. The van der Waals surface area contributed by atoms with E-state index in [0.29, 0.717) is 22.7 Å². The van der Waals surface area contributed by atoms with Gasteiger partial charge in [0.05, 0.1) is 6.61 Å². The molecule has 0 spiro atoms. The number of benzene rings is 2. The second-order valence-corrected chi connectivity index (χ2v) is 5.84. The first-order chi connectivity index (χ1) is 10.6. The van der Waals surface area contributed by atoms with Crippen molar-refractivity contribution in [3.05, 3.63) is 64.4 Å². The van der Waals surface area contributed by atoms with Crippen molar-refractivity contribution < 1.29 is 14.3 Å². The first-order valence-corrected chi connectivity index (χ1v) is 7.42. The van der Waals surface area contributed by atoms with Crippen molar-refractivity contribution in [3.63, 3.8) is 0 Å². The average molecular weight is 320 g/mol. The van der Waals surface area contributed by atoms with Crippen molar-refractivity contribution in [2.45, 2.75) is 18.9 Å². The summed E-state index contributed by atoms with van der Waals surface area (Å²) in [5, 5.41) is 12.3. The van der Waals surface area contributed by atoms with E-state index in [2.05, 4.69) is 5.32 Å². The average Bonchev–Trinajstić information content (AvgIpc) is 3.27. The van der Waals surface area contributed by atoms with Gasteiger partial charge in [-0.1, -0.05) is 29.8 Å². The summed E-state index contributed by atoms with van der Waals surface area (Å²) in [4.78, 5) is 12.2. The number of anilines is 1. The van der Waals surface area contributed by atoms with Crippen LogP contribution in [0, 0.1) is 11.7 Å². The van der Waals surface area contributed by atoms with Crippen LogP contribution in [0.15, 0.2) is 42.5 Å². The van der Waals surface area contributed by atoms with Crippen molar-refractivity contribution in [1.29, 1.82) is 0 Å². The maximum Gasteiger partial charge on any atom is 0.228 e. The number of carbonyl (C=O) groups is 1. The monoisotopic (exact) mass is 319 g/mol. The van der Waals surface area contributed by atoms with Gasteiger partial charge in [-0.05, 0) is 36.2 Å². The van der Waals surface area contributed by atoms with E-state index in [4.69, 9.17) is 16.7 Å². The Balaban J connectivity index is 1.70. The fourth-order valence-corrected chi connectivity index (χ4v) is 2.95. The minimum Gasteiger partial charge on any atom is -0.392 e. The quantitative estimate of drug-likeness (QED) is 0.902. The van der Waals surface area contributed by atoms with Gasteiger partial charge in [0.2, 0.25) is 5.91 Å². The molecule has 1 saturated carbocycles. The van der Waals surface area contributed by atoms with Gasteiger partial charge in [0.15, 0.2) is 0 Å². The highest BCUT2D eigenvalue weighted by atomic mass is 35.5. The van der Waals surface area contributed by atoms with Crippen LogP contribution in [0.4, 0.5) is 10.1 Å². The maximum absolute atomic E-state index is 13.9. The van der Waals surface area contributed by atoms with Gasteiger partial charge >= 0.3 is 0 Å². The fraction of sp³-hybridized carbons (Fsp3) is 0.235. The Morgan fingerprint density at radius 3 is 2.82 bits per heavy atom. The van der Waals surface area contributed by atoms with Gasteiger partial charge in [-0.3, -0.25) is 4.79 Å². The molecule has 0 bridgehead atoms. The van der Waals surface area contributed by atoms with Gasteiger partial charge in [-0.15, -0.1) is 0 Å². The normalized spacial score (nSPS) is 19.8. The smallest absolute Gasteiger partial charge is 0.228 e. The summed E-state index contributed by atoms with van der Waals surface area (Å²) in [6, 6.07) is 11.6. The summed E-state index contributed by atoms with van der Waals surface area (Å²) >= 11 is 6.03. The topological polar surface area (TPSA) is 49.3 Å². The molecule has 2 aromatic carbocycles. The Bertz CT molecular complexity index is 699. The van der Waals surface area contributed by atoms with Gasteiger partial charge in [0.1, 0.15) is 5.82 Å². The Hall–Kier alpha value is -1.91. The molecule has 1 aliphatic rings. The molecule has 0 radical (unpaired) electrons. The van der Waals surface area contributed by atoms with E-state index in [1.165, 1.54) is 6.07 Å². The van der Waals surface area contributed by atoms with Crippen LogP contribution in [0.25, 0.3) is 0 Å². The Kier molecular flexibility index (Phi) is 4.14. The van der Waals surface area contributed by atoms with Gasteiger partial charge in [-0.25, -0.2) is 4.39 Å². The third kappa shape index (κ3) is 2.98. The van der Waals surface area contributed by atoms with E-state index >= 15 is 0 Å². The first-order valence-electron chi connectivity index (χ1n) is 7.04. The fourth-order valence-electron chi connectivity index (χ4n) is 2.65. The number of hydrogen-bond acceptors (Lipinski definition) is 2. The van der Waals surface area contributed by atoms with Crippen molar-refractivity contribution in [2.75, 3.05) is 5.32 Å². The van der Waals surface area contributed by atoms with Crippen LogP contribution in [0.3, 0.4) is 0 Å². The molecule has 2 atom stereocenters. The molecule has 1 amide bonds. The standard InChI is InChI=1S/C17H15ClFNO2/c18-14-5-2-6-15(19)16(14)12-8-13(12)17(22)20-11-4-1-3-10(7-11)9-21/h1-7,12-13,21H,8-9H2,(H,20,22). The number of aliphatic hydroxyl groups excluding tert-OH is 1. The molecule has 0 heterocycles. The van der Waals surface area contributed by atoms with Crippen LogP contribution in [0.1, 0.15) is 23.5 Å². The summed E-state index contributed by atoms with van der Waals surface area (Å²) in [7, 11) is 0. The molecule has 3 nitrogen and oxygen atoms in total. The van der Waals surface area contributed by atoms with E-state index in [-0.39, 0.29) is 30.2 Å². The van der Waals surface area contributed by atoms with E-state index < -0.39 is 0 Å². The summed E-state index contributed by atoms with van der Waals surface area (Å²) < 4.78 is 13.9. The Morgan fingerprint density at radius 1 is 1.32 bits per heavy atom. The second-order valence-electron chi connectivity index (χ2n) is 5.43. The van der Waals surface area contributed by atoms with Crippen molar-refractivity contribution in [1.82, 2.24) is 0 Å². The lowest BCUT2D eigenvalue weighted by atomic mass is 10.1. The summed E-state index contributed by atoms with van der Waals surface area (Å²) in [6.45, 7) is -0.0827. The lowest BCUT2D eigenvalue weighted by Crippen LogP contribution is -2.15. The van der Waals surface area contributed by atoms with Gasteiger partial charge < -0.3 is 10.4 Å². The van der Waals surface area contributed by atoms with Gasteiger partial charge in [0.25, 0.3) is 0 Å². The zero-order valence-electron chi connectivity index (χ0n) is 11.7. The van der Waals surface area contributed by atoms with Gasteiger partial charge in [0, 0.05) is 28.1 Å². The van der Waals surface area contributed by atoms with Crippen LogP contribution < -0.4 is 5.32 Å². The van der Waals surface area contributed by atoms with E-state index in [1.54, 1.807) is 36.4 Å². The number of hydrogen-bond donors (Lipinski definition) is 2. The van der Waals surface area contributed by atoms with Crippen molar-refractivity contribution >= 4 is 23.2 Å². The molecule has 114 valence electrons. The van der Waals surface area contributed by atoms with Gasteiger partial charge in [-0.2, -0.15) is 0 Å². The summed E-state index contributed by atoms with van der Waals surface area (Å²) in [5.74, 6) is -0.962. The van der Waals surface area contributed by atoms with Crippen LogP contribution in [0.5, 0.6) is 0 Å². The number of halogens is 2. The summed E-state index contributed by atoms with van der Waals surface area (Å²) in [5.41, 5.74) is 1.78. The SMILES string of the molecule is O=C(Nc1cccc(CO)c1)C1CC1c1c(F)cccc1Cl. The van der Waals surface area contributed by atoms with Crippen molar-refractivity contribution in [2.24, 2.45) is 5.92 Å². The molecular weight excluding hydrogens is 305 g/mol. The Labute approximate surface area is 132 Å². The molecule has 2 N–H and O–H groups in total. The minimum absolute atomic E-state index is 0.0827. The number of carbonyl (C=O) groups excluding carboxylic acids is 1. The van der Waals surface area contributed by atoms with Crippen LogP contribution in [-0.4, -0.2) is 11.0 Å². The third-order valence-corrected chi connectivity index (χ3v) is 4.20. The number of nitrogens with one attached hydrogen (secondary N) is 1. The largest absolute Gasteiger partial charge is 0.392 e. The highest BCUT2D eigenvalue weighted by molar-refractivity contribution is 6.31. The number of rotatable bonds is 4. The molecule has 0 aromatic heterocycles. The van der Waals surface area contributed by atoms with Crippen LogP contribution >= 0.6 is 11.6 Å². The molecule has 2 aromatic rings. The third-order valence-electron chi connectivity index (χ3n) is 3.87. The van der Waals surface area contributed by atoms with E-state index in [1.807, 2.05) is 0 Å². The van der Waals surface area contributed by atoms with E-state index in [0.717, 1.165) is 5.56 Å². The summed E-state index contributed by atoms with van der Waals surface area (Å²) in [6.07, 6.45) is 0.589. The molecular formula is C17H15ClFNO2. The minimum atomic E-state index is -0.366. The van der Waals surface area contributed by atoms with Crippen LogP contribution in [-0.2, 0) is 11.4 Å². The maximum atomic E-state index is 13.9. The first kappa shape index (κ1) is 15.0. The lowest BCUT2D eigenvalue weighted by Gasteiger charge is -2.07. The molecule has 3 rings (SSSR count). The van der Waals surface area contributed by atoms with E-state index in [9.17, 15) is 9.18 Å². The molecule has 22 heavy (non-hydrogen) atoms. The molecule has 0 aliphatic heterocycles. The Morgan fingerprint density at radius 2 is 2.09 bits per heavy atom. The highest BCUT2D eigenvalue weighted by Gasteiger charge is 2.46. The molecule has 1 aliphatic carbocycles. The van der Waals surface area contributed by atoms with Crippen LogP contribution in [0.2, 0.25) is 5.02 Å². The number of amides is 1. The zero-order chi connectivity index (χ0) is 15.7. The highest BCUT2D eigenvalue weighted by Crippen LogP contribution is 2.50. The number of aliphatic hydroxyl groups is 1. The molecule has 5 heteroatoms. The molecule has 0 saturated heterocycles. The van der Waals surface area contributed by atoms with Crippen molar-refractivity contribution in [3.8, 4) is 0 Å². The predicted molar refractivity (Wildman–Crippen MR) is 83.3 cm³/mol. The molecule has 1 fully saturated rings. The predicted octanol–water partition coefficient (Wildman–Crippen LogP) is 3.71. The zero-order valence-corrected chi connectivity index (χ0v) is 12.5. The lowest BCUT2D eigenvalue weighted by molar-refractivity contribution is -0.117.